The third-order valence-corrected chi connectivity index (χ3v) is 16.2. The Hall–Kier alpha value is -3.62. The van der Waals surface area contributed by atoms with Crippen molar-refractivity contribution < 1.29 is 32.9 Å². The van der Waals surface area contributed by atoms with Crippen molar-refractivity contribution in [2.45, 2.75) is 302 Å². The highest BCUT2D eigenvalue weighted by atomic mass is 31.2. The molecule has 0 aromatic heterocycles. The zero-order valence-corrected chi connectivity index (χ0v) is 57.8. The summed E-state index contributed by atoms with van der Waals surface area (Å²) >= 11 is 0. The minimum atomic E-state index is -4.64. The number of carbonyl (C=O) groups excluding carboxylic acids is 1. The number of amides is 1. The van der Waals surface area contributed by atoms with Crippen molar-refractivity contribution in [3.05, 3.63) is 146 Å². The van der Waals surface area contributed by atoms with Crippen LogP contribution >= 0.6 is 7.82 Å². The molecule has 0 saturated carbocycles. The normalized spacial score (nSPS) is 14.5. The summed E-state index contributed by atoms with van der Waals surface area (Å²) in [4.78, 5) is 25.6. The molecule has 498 valence electrons. The second-order valence-corrected chi connectivity index (χ2v) is 26.3. The van der Waals surface area contributed by atoms with E-state index < -0.39 is 26.6 Å². The fourth-order valence-corrected chi connectivity index (χ4v) is 10.5. The molecule has 0 aliphatic heterocycles. The molecule has 0 aromatic carbocycles. The number of nitrogens with zero attached hydrogens (tertiary/aromatic N) is 1. The Kier molecular flexibility index (Phi) is 64.0. The fraction of sp³-hybridized carbons (Fsp3) is 0.679. The van der Waals surface area contributed by atoms with E-state index in [1.165, 1.54) is 167 Å². The van der Waals surface area contributed by atoms with E-state index in [-0.39, 0.29) is 18.9 Å². The summed E-state index contributed by atoms with van der Waals surface area (Å²) in [5.74, 6) is -0.253. The lowest BCUT2D eigenvalue weighted by atomic mass is 10.0. The monoisotopic (exact) mass is 1230 g/mol. The van der Waals surface area contributed by atoms with Crippen LogP contribution in [0.4, 0.5) is 0 Å². The van der Waals surface area contributed by atoms with Gasteiger partial charge < -0.3 is 28.8 Å². The van der Waals surface area contributed by atoms with E-state index in [9.17, 15) is 19.4 Å². The van der Waals surface area contributed by atoms with E-state index in [0.717, 1.165) is 96.3 Å². The van der Waals surface area contributed by atoms with Gasteiger partial charge in [0.1, 0.15) is 13.2 Å². The molecule has 0 radical (unpaired) electrons. The Morgan fingerprint density at radius 2 is 0.713 bits per heavy atom. The maximum atomic E-state index is 13.0. The van der Waals surface area contributed by atoms with Crippen molar-refractivity contribution >= 4 is 13.7 Å². The number of likely N-dealkylation sites (N-methyl/N-ethyl adjacent to an activating group) is 1. The molecule has 1 amide bonds. The van der Waals surface area contributed by atoms with E-state index in [0.29, 0.717) is 17.4 Å². The third kappa shape index (κ3) is 69.7. The first-order chi connectivity index (χ1) is 42.5. The Balaban J connectivity index is 4.24. The van der Waals surface area contributed by atoms with Gasteiger partial charge in [0.2, 0.25) is 5.91 Å². The fourth-order valence-electron chi connectivity index (χ4n) is 9.79. The van der Waals surface area contributed by atoms with Crippen LogP contribution in [0.2, 0.25) is 0 Å². The molecule has 0 rings (SSSR count). The smallest absolute Gasteiger partial charge is 0.268 e. The Morgan fingerprint density at radius 3 is 1.07 bits per heavy atom. The molecule has 3 atom stereocenters. The summed E-state index contributed by atoms with van der Waals surface area (Å²) < 4.78 is 23.4. The molecule has 0 aromatic rings. The Bertz CT molecular complexity index is 1930. The number of aliphatic hydroxyl groups excluding tert-OH is 1. The summed E-state index contributed by atoms with van der Waals surface area (Å²) in [7, 11) is 1.20. The summed E-state index contributed by atoms with van der Waals surface area (Å²) in [5.41, 5.74) is 0. The Labute approximate surface area is 538 Å². The number of hydrogen-bond donors (Lipinski definition) is 2. The molecule has 2 N–H and O–H groups in total. The second-order valence-electron chi connectivity index (χ2n) is 24.8. The zero-order valence-electron chi connectivity index (χ0n) is 56.9. The lowest BCUT2D eigenvalue weighted by Gasteiger charge is -2.29. The number of aliphatic hydroxyl groups is 1. The van der Waals surface area contributed by atoms with Crippen LogP contribution in [-0.2, 0) is 18.4 Å². The molecule has 0 fully saturated rings. The highest BCUT2D eigenvalue weighted by molar-refractivity contribution is 7.45. The average Bonchev–Trinajstić information content (AvgIpc) is 3.71. The first-order valence-corrected chi connectivity index (χ1v) is 37.2. The number of rotatable bonds is 64. The number of nitrogens with one attached hydrogen (secondary N) is 1. The molecule has 87 heavy (non-hydrogen) atoms. The zero-order chi connectivity index (χ0) is 63.4. The highest BCUT2D eigenvalue weighted by Crippen LogP contribution is 2.38. The van der Waals surface area contributed by atoms with Gasteiger partial charge >= 0.3 is 0 Å². The Morgan fingerprint density at radius 1 is 0.414 bits per heavy atom. The molecule has 3 unspecified atom stereocenters. The predicted molar refractivity (Wildman–Crippen MR) is 380 cm³/mol. The van der Waals surface area contributed by atoms with Crippen LogP contribution in [0.25, 0.3) is 0 Å². The first-order valence-electron chi connectivity index (χ1n) is 35.7. The van der Waals surface area contributed by atoms with Gasteiger partial charge in [0.15, 0.2) is 0 Å². The van der Waals surface area contributed by atoms with E-state index in [1.54, 1.807) is 6.08 Å². The lowest BCUT2D eigenvalue weighted by Crippen LogP contribution is -2.45. The number of phosphoric acid groups is 1. The lowest BCUT2D eigenvalue weighted by molar-refractivity contribution is -0.870. The summed E-state index contributed by atoms with van der Waals surface area (Å²) in [6.45, 7) is 4.49. The molecule has 0 bridgehead atoms. The van der Waals surface area contributed by atoms with Crippen molar-refractivity contribution in [1.29, 1.82) is 0 Å². The number of hydrogen-bond acceptors (Lipinski definition) is 6. The van der Waals surface area contributed by atoms with Crippen LogP contribution in [0, 0.1) is 0 Å². The number of carbonyl (C=O) groups is 1. The van der Waals surface area contributed by atoms with Gasteiger partial charge in [-0.1, -0.05) is 320 Å². The molecular formula is C78H135N2O6P. The molecule has 0 saturated heterocycles. The quantitative estimate of drug-likeness (QED) is 0.0272. The van der Waals surface area contributed by atoms with E-state index in [2.05, 4.69) is 153 Å². The number of phosphoric ester groups is 1. The van der Waals surface area contributed by atoms with Gasteiger partial charge in [0, 0.05) is 6.42 Å². The van der Waals surface area contributed by atoms with Gasteiger partial charge in [-0.25, -0.2) is 0 Å². The van der Waals surface area contributed by atoms with Crippen LogP contribution in [0.5, 0.6) is 0 Å². The summed E-state index contributed by atoms with van der Waals surface area (Å²) in [6, 6.07) is -0.941. The van der Waals surface area contributed by atoms with Gasteiger partial charge in [0.05, 0.1) is 39.9 Å². The minimum Gasteiger partial charge on any atom is -0.756 e. The van der Waals surface area contributed by atoms with Crippen molar-refractivity contribution in [3.8, 4) is 0 Å². The topological polar surface area (TPSA) is 108 Å². The molecule has 8 nitrogen and oxygen atoms in total. The molecule has 0 aliphatic carbocycles. The molecule has 0 aliphatic rings. The molecule has 0 heterocycles. The maximum Gasteiger partial charge on any atom is 0.268 e. The number of quaternary nitrogens is 1. The number of unbranched alkanes of at least 4 members (excludes halogenated alkanes) is 29. The predicted octanol–water partition coefficient (Wildman–Crippen LogP) is 22.5. The molecule has 9 heteroatoms. The van der Waals surface area contributed by atoms with Crippen molar-refractivity contribution in [2.24, 2.45) is 0 Å². The summed E-state index contributed by atoms with van der Waals surface area (Å²) in [6.07, 6.45) is 103. The largest absolute Gasteiger partial charge is 0.756 e. The van der Waals surface area contributed by atoms with Crippen LogP contribution in [0.1, 0.15) is 290 Å². The van der Waals surface area contributed by atoms with Gasteiger partial charge in [-0.15, -0.1) is 0 Å². The van der Waals surface area contributed by atoms with Crippen molar-refractivity contribution in [2.75, 3.05) is 40.9 Å². The molecule has 0 spiro atoms. The summed E-state index contributed by atoms with van der Waals surface area (Å²) in [5, 5.41) is 13.9. The SMILES string of the molecule is CC/C=C\C/C=C\C/C=C\C/C=C\C/C=C\C/C=C\C/C=C\C/C=C\C/C=C\C/C=C\CCCCC(=O)NC(COP(=O)([O-])OCC[N+](C)(C)C)C(O)/C=C/CC/C=C/CCCCCCCCCCCCCCCCCCCCCCCCCCCC. The van der Waals surface area contributed by atoms with E-state index in [1.807, 2.05) is 27.2 Å². The third-order valence-electron chi connectivity index (χ3n) is 15.3. The van der Waals surface area contributed by atoms with Crippen molar-refractivity contribution in [1.82, 2.24) is 5.32 Å². The van der Waals surface area contributed by atoms with Crippen LogP contribution in [-0.4, -0.2) is 68.5 Å². The molecular weight excluding hydrogens is 1090 g/mol. The van der Waals surface area contributed by atoms with Gasteiger partial charge in [-0.2, -0.15) is 0 Å². The van der Waals surface area contributed by atoms with E-state index in [4.69, 9.17) is 9.05 Å². The van der Waals surface area contributed by atoms with Crippen LogP contribution in [0.15, 0.2) is 146 Å². The minimum absolute atomic E-state index is 0.0230. The van der Waals surface area contributed by atoms with Gasteiger partial charge in [-0.3, -0.25) is 9.36 Å². The average molecular weight is 1230 g/mol. The van der Waals surface area contributed by atoms with E-state index >= 15 is 0 Å². The maximum absolute atomic E-state index is 13.0. The second kappa shape index (κ2) is 66.8. The van der Waals surface area contributed by atoms with Crippen LogP contribution < -0.4 is 10.2 Å². The standard InChI is InChI=1S/C78H135N2O6P/c1-6-8-10-12-14-16-18-20-22-24-26-28-30-32-34-36-38-40-42-44-46-48-50-52-54-56-58-60-62-64-66-68-70-72-78(82)79-76(75-86-87(83,84)85-74-73-80(3,4)5)77(81)71-69-67-65-63-61-59-57-55-53-51-49-47-45-43-41-39-37-35-33-31-29-27-25-23-21-19-17-15-13-11-9-7-2/h8,10,14,16,20,22,26,28,32,34,38,40,44,46,50,52,56,58,61-64,69,71,76-77,81H,6-7,9,11-13,15,17-19,21,23-25,27,29-31,33,35-37,39,41-43,45,47-49,51,53-55,57,59-60,65-68,70,72-75H2,1-5H3,(H-,79,82,83,84)/b10-8-,16-14-,22-20-,28-26-,34-32-,40-38-,46-44-,52-50-,58-56-,63-61+,64-62-,71-69+. The van der Waals surface area contributed by atoms with Gasteiger partial charge in [-0.05, 0) is 109 Å². The van der Waals surface area contributed by atoms with Gasteiger partial charge in [0.25, 0.3) is 7.82 Å². The first kappa shape index (κ1) is 83.4. The van der Waals surface area contributed by atoms with Crippen molar-refractivity contribution in [3.63, 3.8) is 0 Å². The highest BCUT2D eigenvalue weighted by Gasteiger charge is 2.23. The number of allylic oxidation sites excluding steroid dienone is 23. The van der Waals surface area contributed by atoms with Crippen LogP contribution in [0.3, 0.4) is 0 Å².